The lowest BCUT2D eigenvalue weighted by molar-refractivity contribution is -0.182. The molecule has 0 spiro atoms. The minimum Gasteiger partial charge on any atom is -0.284 e. The van der Waals surface area contributed by atoms with Gasteiger partial charge in [0.05, 0.1) is 17.7 Å². The molecular weight excluding hydrogens is 474 g/mol. The van der Waals surface area contributed by atoms with Crippen LogP contribution >= 0.6 is 23.2 Å². The molecule has 1 aliphatic rings. The summed E-state index contributed by atoms with van der Waals surface area (Å²) in [6.07, 6.45) is -4.84. The second-order valence-corrected chi connectivity index (χ2v) is 8.60. The summed E-state index contributed by atoms with van der Waals surface area (Å²) < 4.78 is 44.6. The first-order valence-corrected chi connectivity index (χ1v) is 10.5. The van der Waals surface area contributed by atoms with Gasteiger partial charge in [-0.1, -0.05) is 35.3 Å². The van der Waals surface area contributed by atoms with Crippen LogP contribution in [0.5, 0.6) is 0 Å². The van der Waals surface area contributed by atoms with Gasteiger partial charge in [-0.05, 0) is 73.2 Å². The van der Waals surface area contributed by atoms with Crippen LogP contribution in [0.3, 0.4) is 0 Å². The molecule has 0 saturated carbocycles. The van der Waals surface area contributed by atoms with Crippen molar-refractivity contribution in [2.75, 3.05) is 9.80 Å². The van der Waals surface area contributed by atoms with Crippen molar-refractivity contribution in [3.05, 3.63) is 94.0 Å². The van der Waals surface area contributed by atoms with E-state index in [0.29, 0.717) is 10.0 Å². The van der Waals surface area contributed by atoms with Gasteiger partial charge in [-0.3, -0.25) is 9.80 Å². The number of carbonyl (C=O) groups is 1. The lowest BCUT2D eigenvalue weighted by atomic mass is 9.84. The molecule has 2 amide bonds. The molecule has 1 aliphatic heterocycles. The van der Waals surface area contributed by atoms with Crippen molar-refractivity contribution in [3.8, 4) is 6.07 Å². The molecule has 4 rings (SSSR count). The van der Waals surface area contributed by atoms with E-state index in [1.54, 1.807) is 0 Å². The van der Waals surface area contributed by atoms with Crippen LogP contribution < -0.4 is 9.80 Å². The van der Waals surface area contributed by atoms with Gasteiger partial charge in [0.25, 0.3) is 0 Å². The maximum Gasteiger partial charge on any atom is 0.414 e. The fraction of sp³-hybridized carbons (Fsp3) is 0.167. The highest BCUT2D eigenvalue weighted by molar-refractivity contribution is 6.31. The van der Waals surface area contributed by atoms with Gasteiger partial charge in [0, 0.05) is 21.4 Å². The SMILES string of the molecule is C[C@@]1(C(F)(F)F)[C@H](c2cccc(C#N)c2)N(c2ccc(Cl)cc2)C(=O)N1c1ccc(Cl)cc1. The number of carbonyl (C=O) groups excluding carboxylic acids is 1. The number of nitriles is 1. The number of hydrogen-bond acceptors (Lipinski definition) is 2. The van der Waals surface area contributed by atoms with E-state index in [1.807, 2.05) is 6.07 Å². The van der Waals surface area contributed by atoms with Gasteiger partial charge in [-0.25, -0.2) is 4.79 Å². The third-order valence-electron chi connectivity index (χ3n) is 5.75. The first kappa shape index (κ1) is 23.0. The van der Waals surface area contributed by atoms with Crippen LogP contribution in [0.1, 0.15) is 24.1 Å². The Bertz CT molecular complexity index is 1240. The molecule has 33 heavy (non-hydrogen) atoms. The molecular formula is C24H16Cl2F3N3O. The maximum absolute atomic E-state index is 14.9. The Labute approximate surface area is 198 Å². The Morgan fingerprint density at radius 1 is 0.939 bits per heavy atom. The third kappa shape index (κ3) is 3.79. The van der Waals surface area contributed by atoms with E-state index in [1.165, 1.54) is 72.8 Å². The molecule has 3 aromatic rings. The van der Waals surface area contributed by atoms with E-state index in [0.717, 1.165) is 16.7 Å². The number of nitrogens with zero attached hydrogens (tertiary/aromatic N) is 3. The number of urea groups is 1. The summed E-state index contributed by atoms with van der Waals surface area (Å²) in [6, 6.07) is 17.0. The molecule has 1 heterocycles. The molecule has 4 nitrogen and oxygen atoms in total. The molecule has 0 N–H and O–H groups in total. The number of amides is 2. The summed E-state index contributed by atoms with van der Waals surface area (Å²) in [5.74, 6) is 0. The van der Waals surface area contributed by atoms with Gasteiger partial charge >= 0.3 is 12.2 Å². The van der Waals surface area contributed by atoms with Crippen molar-refractivity contribution in [1.29, 1.82) is 5.26 Å². The molecule has 168 valence electrons. The molecule has 0 unspecified atom stereocenters. The van der Waals surface area contributed by atoms with Crippen LogP contribution in [0.4, 0.5) is 29.3 Å². The van der Waals surface area contributed by atoms with Crippen LogP contribution in [-0.2, 0) is 0 Å². The fourth-order valence-electron chi connectivity index (χ4n) is 4.15. The fourth-order valence-corrected chi connectivity index (χ4v) is 4.41. The topological polar surface area (TPSA) is 47.3 Å². The van der Waals surface area contributed by atoms with Crippen LogP contribution in [0.25, 0.3) is 0 Å². The van der Waals surface area contributed by atoms with Crippen molar-refractivity contribution in [1.82, 2.24) is 0 Å². The molecule has 0 radical (unpaired) electrons. The highest BCUT2D eigenvalue weighted by Gasteiger charge is 2.69. The van der Waals surface area contributed by atoms with Gasteiger partial charge in [0.15, 0.2) is 5.54 Å². The van der Waals surface area contributed by atoms with E-state index in [4.69, 9.17) is 23.2 Å². The first-order chi connectivity index (χ1) is 15.6. The predicted octanol–water partition coefficient (Wildman–Crippen LogP) is 7.37. The molecule has 3 aromatic carbocycles. The number of hydrogen-bond donors (Lipinski definition) is 0. The smallest absolute Gasteiger partial charge is 0.284 e. The molecule has 1 saturated heterocycles. The summed E-state index contributed by atoms with van der Waals surface area (Å²) in [7, 11) is 0. The van der Waals surface area contributed by atoms with Crippen LogP contribution in [0, 0.1) is 11.3 Å². The largest absolute Gasteiger partial charge is 0.414 e. The van der Waals surface area contributed by atoms with Gasteiger partial charge in [0.1, 0.15) is 0 Å². The molecule has 1 fully saturated rings. The zero-order valence-corrected chi connectivity index (χ0v) is 18.7. The Balaban J connectivity index is 2.02. The van der Waals surface area contributed by atoms with Gasteiger partial charge in [0.2, 0.25) is 0 Å². The Kier molecular flexibility index (Phi) is 5.77. The summed E-state index contributed by atoms with van der Waals surface area (Å²) in [6.45, 7) is 0.985. The molecule has 0 aliphatic carbocycles. The van der Waals surface area contributed by atoms with Crippen LogP contribution in [-0.4, -0.2) is 17.7 Å². The number of anilines is 2. The van der Waals surface area contributed by atoms with Crippen molar-refractivity contribution in [2.45, 2.75) is 24.7 Å². The van der Waals surface area contributed by atoms with E-state index in [-0.39, 0.29) is 22.5 Å². The maximum atomic E-state index is 14.9. The summed E-state index contributed by atoms with van der Waals surface area (Å²) in [4.78, 5) is 15.5. The Hall–Kier alpha value is -3.21. The van der Waals surface area contributed by atoms with Crippen molar-refractivity contribution < 1.29 is 18.0 Å². The standard InChI is InChI=1S/C24H16Cl2F3N3O/c1-23(24(27,28)29)21(16-4-2-3-15(13-16)14-30)31(19-9-5-17(25)6-10-19)22(33)32(23)20-11-7-18(26)8-12-20/h2-13,21H,1H3/t21-,23-/m0/s1. The Morgan fingerprint density at radius 3 is 2.00 bits per heavy atom. The number of benzene rings is 3. The molecule has 9 heteroatoms. The predicted molar refractivity (Wildman–Crippen MR) is 122 cm³/mol. The quantitative estimate of drug-likeness (QED) is 0.385. The van der Waals surface area contributed by atoms with Crippen molar-refractivity contribution in [2.24, 2.45) is 0 Å². The average Bonchev–Trinajstić information content (AvgIpc) is 3.03. The lowest BCUT2D eigenvalue weighted by Crippen LogP contribution is -2.57. The zero-order chi connectivity index (χ0) is 24.0. The number of rotatable bonds is 3. The second kappa shape index (κ2) is 8.29. The van der Waals surface area contributed by atoms with E-state index in [9.17, 15) is 23.2 Å². The first-order valence-electron chi connectivity index (χ1n) is 9.79. The number of halogens is 5. The highest BCUT2D eigenvalue weighted by atomic mass is 35.5. The monoisotopic (exact) mass is 489 g/mol. The van der Waals surface area contributed by atoms with Crippen molar-refractivity contribution in [3.63, 3.8) is 0 Å². The number of alkyl halides is 3. The van der Waals surface area contributed by atoms with Gasteiger partial charge in [-0.2, -0.15) is 18.4 Å². The van der Waals surface area contributed by atoms with Gasteiger partial charge in [-0.15, -0.1) is 0 Å². The zero-order valence-electron chi connectivity index (χ0n) is 17.1. The molecule has 2 atom stereocenters. The summed E-state index contributed by atoms with van der Waals surface area (Å²) >= 11 is 11.9. The van der Waals surface area contributed by atoms with Crippen LogP contribution in [0.2, 0.25) is 10.0 Å². The second-order valence-electron chi connectivity index (χ2n) is 7.73. The lowest BCUT2D eigenvalue weighted by Gasteiger charge is -2.40. The normalized spacial score (nSPS) is 20.8. The molecule has 0 aromatic heterocycles. The van der Waals surface area contributed by atoms with E-state index in [2.05, 4.69) is 0 Å². The minimum absolute atomic E-state index is 0.0436. The summed E-state index contributed by atoms with van der Waals surface area (Å²) in [5, 5.41) is 10.0. The molecule has 0 bridgehead atoms. The van der Waals surface area contributed by atoms with E-state index >= 15 is 0 Å². The summed E-state index contributed by atoms with van der Waals surface area (Å²) in [5.41, 5.74) is -2.03. The highest BCUT2D eigenvalue weighted by Crippen LogP contribution is 2.54. The van der Waals surface area contributed by atoms with Gasteiger partial charge < -0.3 is 0 Å². The average molecular weight is 490 g/mol. The van der Waals surface area contributed by atoms with Crippen molar-refractivity contribution >= 4 is 40.6 Å². The minimum atomic E-state index is -4.84. The van der Waals surface area contributed by atoms with Crippen LogP contribution in [0.15, 0.2) is 72.8 Å². The Morgan fingerprint density at radius 2 is 1.48 bits per heavy atom. The third-order valence-corrected chi connectivity index (χ3v) is 6.25. The van der Waals surface area contributed by atoms with E-state index < -0.39 is 23.8 Å².